The Morgan fingerprint density at radius 2 is 1.95 bits per heavy atom. The van der Waals surface area contributed by atoms with Crippen LogP contribution in [0, 0.1) is 6.92 Å². The van der Waals surface area contributed by atoms with Gasteiger partial charge in [0, 0.05) is 19.8 Å². The van der Waals surface area contributed by atoms with Gasteiger partial charge in [-0.15, -0.1) is 0 Å². The summed E-state index contributed by atoms with van der Waals surface area (Å²) in [5, 5.41) is 7.16. The molecule has 1 aromatic carbocycles. The first-order chi connectivity index (χ1) is 9.99. The lowest BCUT2D eigenvalue weighted by Gasteiger charge is -2.04. The van der Waals surface area contributed by atoms with Gasteiger partial charge < -0.3 is 9.84 Å². The summed E-state index contributed by atoms with van der Waals surface area (Å²) in [6, 6.07) is 7.65. The smallest absolute Gasteiger partial charge is 0.333 e. The van der Waals surface area contributed by atoms with Crippen LogP contribution in [0.15, 0.2) is 38.4 Å². The van der Waals surface area contributed by atoms with Crippen LogP contribution in [0.2, 0.25) is 0 Å². The number of fused-ring (bicyclic) bond motifs is 1. The Bertz CT molecular complexity index is 949. The zero-order chi connectivity index (χ0) is 15.1. The maximum absolute atomic E-state index is 12.3. The van der Waals surface area contributed by atoms with Crippen LogP contribution in [-0.2, 0) is 14.1 Å². The molecule has 21 heavy (non-hydrogen) atoms. The molecule has 7 heteroatoms. The van der Waals surface area contributed by atoms with Gasteiger partial charge in [0.2, 0.25) is 5.71 Å². The first-order valence-corrected chi connectivity index (χ1v) is 6.38. The minimum atomic E-state index is -0.453. The maximum atomic E-state index is 12.3. The molecule has 3 aromatic rings. The molecule has 0 bridgehead atoms. The summed E-state index contributed by atoms with van der Waals surface area (Å²) in [5.74, 6) is 0.298. The van der Waals surface area contributed by atoms with Crippen LogP contribution in [-0.4, -0.2) is 14.3 Å². The minimum Gasteiger partial charge on any atom is -0.337 e. The molecular weight excluding hydrogens is 272 g/mol. The van der Waals surface area contributed by atoms with Crippen LogP contribution in [0.1, 0.15) is 5.56 Å². The van der Waals surface area contributed by atoms with E-state index in [4.69, 9.17) is 4.52 Å². The topological polar surface area (TPSA) is 82.1 Å². The van der Waals surface area contributed by atoms with Crippen LogP contribution in [0.25, 0.3) is 11.1 Å². The molecule has 7 nitrogen and oxygen atoms in total. The zero-order valence-electron chi connectivity index (χ0n) is 11.9. The fourth-order valence-corrected chi connectivity index (χ4v) is 2.21. The number of rotatable bonds is 2. The monoisotopic (exact) mass is 286 g/mol. The number of anilines is 2. The van der Waals surface area contributed by atoms with Crippen molar-refractivity contribution in [2.24, 2.45) is 14.1 Å². The molecule has 0 atom stereocenters. The Labute approximate surface area is 119 Å². The molecule has 2 heterocycles. The molecule has 1 N–H and O–H groups in total. The molecule has 0 aliphatic rings. The van der Waals surface area contributed by atoms with Gasteiger partial charge in [0.25, 0.3) is 5.56 Å². The lowest BCUT2D eigenvalue weighted by atomic mass is 10.2. The molecule has 0 amide bonds. The molecule has 3 rings (SSSR count). The molecule has 0 radical (unpaired) electrons. The van der Waals surface area contributed by atoms with Gasteiger partial charge in [-0.3, -0.25) is 13.9 Å². The Morgan fingerprint density at radius 1 is 1.19 bits per heavy atom. The molecule has 0 saturated carbocycles. The summed E-state index contributed by atoms with van der Waals surface area (Å²) in [6.07, 6.45) is 0. The van der Waals surface area contributed by atoms with E-state index >= 15 is 0 Å². The van der Waals surface area contributed by atoms with Gasteiger partial charge in [-0.2, -0.15) is 0 Å². The van der Waals surface area contributed by atoms with E-state index in [0.717, 1.165) is 15.8 Å². The van der Waals surface area contributed by atoms with Gasteiger partial charge >= 0.3 is 5.69 Å². The molecule has 0 fully saturated rings. The number of aromatic nitrogens is 3. The summed E-state index contributed by atoms with van der Waals surface area (Å²) in [6.45, 7) is 1.97. The summed E-state index contributed by atoms with van der Waals surface area (Å²) in [5.41, 5.74) is 1.13. The van der Waals surface area contributed by atoms with E-state index in [2.05, 4.69) is 10.5 Å². The highest BCUT2D eigenvalue weighted by Crippen LogP contribution is 2.22. The van der Waals surface area contributed by atoms with E-state index in [0.29, 0.717) is 5.82 Å². The number of hydrogen-bond acceptors (Lipinski definition) is 5. The highest BCUT2D eigenvalue weighted by molar-refractivity contribution is 5.87. The van der Waals surface area contributed by atoms with Crippen molar-refractivity contribution in [3.8, 4) is 0 Å². The molecule has 0 saturated heterocycles. The van der Waals surface area contributed by atoms with E-state index in [1.165, 1.54) is 18.7 Å². The number of benzene rings is 1. The molecule has 0 aliphatic carbocycles. The fraction of sp³-hybridized carbons (Fsp3) is 0.214. The SMILES string of the molecule is Cc1cccc(Nc2noc3c2c(=O)n(C)c(=O)n3C)c1. The van der Waals surface area contributed by atoms with Crippen molar-refractivity contribution in [1.82, 2.24) is 14.3 Å². The van der Waals surface area contributed by atoms with E-state index in [1.54, 1.807) is 0 Å². The predicted molar refractivity (Wildman–Crippen MR) is 79.0 cm³/mol. The highest BCUT2D eigenvalue weighted by Gasteiger charge is 2.18. The Morgan fingerprint density at radius 3 is 2.67 bits per heavy atom. The van der Waals surface area contributed by atoms with Crippen LogP contribution in [0.4, 0.5) is 11.5 Å². The van der Waals surface area contributed by atoms with Crippen LogP contribution >= 0.6 is 0 Å². The van der Waals surface area contributed by atoms with Crippen LogP contribution < -0.4 is 16.6 Å². The van der Waals surface area contributed by atoms with Gasteiger partial charge in [0.05, 0.1) is 0 Å². The third-order valence-electron chi connectivity index (χ3n) is 3.35. The summed E-state index contributed by atoms with van der Waals surface area (Å²) in [4.78, 5) is 24.1. The van der Waals surface area contributed by atoms with Gasteiger partial charge in [0.15, 0.2) is 5.82 Å². The quantitative estimate of drug-likeness (QED) is 0.767. The summed E-state index contributed by atoms with van der Waals surface area (Å²) in [7, 11) is 2.96. The Balaban J connectivity index is 2.21. The fourth-order valence-electron chi connectivity index (χ4n) is 2.21. The van der Waals surface area contributed by atoms with E-state index < -0.39 is 11.2 Å². The summed E-state index contributed by atoms with van der Waals surface area (Å²) < 4.78 is 7.42. The van der Waals surface area contributed by atoms with Gasteiger partial charge in [-0.25, -0.2) is 4.79 Å². The second-order valence-corrected chi connectivity index (χ2v) is 4.91. The second kappa shape index (κ2) is 4.62. The zero-order valence-corrected chi connectivity index (χ0v) is 11.9. The molecule has 0 aliphatic heterocycles. The second-order valence-electron chi connectivity index (χ2n) is 4.91. The predicted octanol–water partition coefficient (Wildman–Crippen LogP) is 1.28. The largest absolute Gasteiger partial charge is 0.337 e. The Kier molecular flexibility index (Phi) is 2.90. The van der Waals surface area contributed by atoms with E-state index in [-0.39, 0.29) is 11.1 Å². The third-order valence-corrected chi connectivity index (χ3v) is 3.35. The van der Waals surface area contributed by atoms with Crippen molar-refractivity contribution >= 4 is 22.6 Å². The number of nitrogens with zero attached hydrogens (tertiary/aromatic N) is 3. The van der Waals surface area contributed by atoms with Gasteiger partial charge in [-0.1, -0.05) is 17.3 Å². The van der Waals surface area contributed by atoms with Crippen molar-refractivity contribution in [1.29, 1.82) is 0 Å². The molecule has 0 unspecified atom stereocenters. The molecule has 2 aromatic heterocycles. The third kappa shape index (κ3) is 2.03. The maximum Gasteiger partial charge on any atom is 0.333 e. The molecule has 108 valence electrons. The number of nitrogens with one attached hydrogen (secondary N) is 1. The van der Waals surface area contributed by atoms with E-state index in [9.17, 15) is 9.59 Å². The first-order valence-electron chi connectivity index (χ1n) is 6.38. The minimum absolute atomic E-state index is 0.151. The van der Waals surface area contributed by atoms with Crippen LogP contribution in [0.3, 0.4) is 0 Å². The van der Waals surface area contributed by atoms with Crippen molar-refractivity contribution < 1.29 is 4.52 Å². The van der Waals surface area contributed by atoms with Crippen molar-refractivity contribution in [2.45, 2.75) is 6.92 Å². The van der Waals surface area contributed by atoms with Gasteiger partial charge in [-0.05, 0) is 24.6 Å². The summed E-state index contributed by atoms with van der Waals surface area (Å²) >= 11 is 0. The normalized spacial score (nSPS) is 11.0. The van der Waals surface area contributed by atoms with Crippen LogP contribution in [0.5, 0.6) is 0 Å². The van der Waals surface area contributed by atoms with Crippen molar-refractivity contribution in [3.05, 3.63) is 50.7 Å². The van der Waals surface area contributed by atoms with Crippen molar-refractivity contribution in [2.75, 3.05) is 5.32 Å². The Hall–Kier alpha value is -2.83. The molecular formula is C14H14N4O3. The number of aryl methyl sites for hydroxylation is 2. The van der Waals surface area contributed by atoms with Crippen molar-refractivity contribution in [3.63, 3.8) is 0 Å². The average molecular weight is 286 g/mol. The van der Waals surface area contributed by atoms with E-state index in [1.807, 2.05) is 31.2 Å². The average Bonchev–Trinajstić information content (AvgIpc) is 2.87. The lowest BCUT2D eigenvalue weighted by molar-refractivity contribution is 0.437. The van der Waals surface area contributed by atoms with Gasteiger partial charge in [0.1, 0.15) is 5.39 Å². The first kappa shape index (κ1) is 13.2. The lowest BCUT2D eigenvalue weighted by Crippen LogP contribution is -2.36. The standard InChI is InChI=1S/C14H14N4O3/c1-8-5-4-6-9(7-8)15-11-10-12(19)17(2)14(20)18(3)13(10)21-16-11/h4-7H,1-3H3,(H,15,16). The highest BCUT2D eigenvalue weighted by atomic mass is 16.5. The molecule has 0 spiro atoms. The number of hydrogen-bond donors (Lipinski definition) is 1.